The fourth-order valence-corrected chi connectivity index (χ4v) is 3.27. The van der Waals surface area contributed by atoms with Crippen LogP contribution in [0.25, 0.3) is 10.9 Å². The lowest BCUT2D eigenvalue weighted by molar-refractivity contribution is 0.358. The van der Waals surface area contributed by atoms with E-state index in [0.717, 1.165) is 48.5 Å². The third-order valence-electron chi connectivity index (χ3n) is 4.60. The van der Waals surface area contributed by atoms with Gasteiger partial charge < -0.3 is 5.32 Å². The Hall–Kier alpha value is -2.34. The van der Waals surface area contributed by atoms with E-state index in [1.54, 1.807) is 18.3 Å². The van der Waals surface area contributed by atoms with E-state index in [2.05, 4.69) is 27.3 Å². The first-order chi connectivity index (χ1) is 11.7. The minimum atomic E-state index is -0.223. The largest absolute Gasteiger partial charge is 0.308 e. The molecule has 0 fully saturated rings. The fraction of sp³-hybridized carbons (Fsp3) is 0.389. The summed E-state index contributed by atoms with van der Waals surface area (Å²) in [5.41, 5.74) is 1.75. The van der Waals surface area contributed by atoms with E-state index in [-0.39, 0.29) is 5.82 Å². The molecule has 6 heteroatoms. The fourth-order valence-electron chi connectivity index (χ4n) is 3.27. The molecule has 0 unspecified atom stereocenters. The predicted octanol–water partition coefficient (Wildman–Crippen LogP) is 2.63. The van der Waals surface area contributed by atoms with Gasteiger partial charge in [0.25, 0.3) is 0 Å². The van der Waals surface area contributed by atoms with Crippen LogP contribution >= 0.6 is 0 Å². The lowest BCUT2D eigenvalue weighted by atomic mass is 10.1. The van der Waals surface area contributed by atoms with E-state index in [1.807, 2.05) is 10.7 Å². The zero-order valence-electron chi connectivity index (χ0n) is 13.7. The van der Waals surface area contributed by atoms with Crippen molar-refractivity contribution in [1.82, 2.24) is 25.1 Å². The molecule has 1 N–H and O–H groups in total. The molecule has 0 saturated carbocycles. The third-order valence-corrected chi connectivity index (χ3v) is 4.60. The second-order valence-electron chi connectivity index (χ2n) is 6.20. The van der Waals surface area contributed by atoms with Gasteiger partial charge in [0.15, 0.2) is 5.82 Å². The SMILES string of the molecule is CCc1nc2n(n1)C[C@@H](NCc1ccc(F)c3cccnc13)CC2. The molecule has 5 nitrogen and oxygen atoms in total. The Morgan fingerprint density at radius 2 is 2.25 bits per heavy atom. The van der Waals surface area contributed by atoms with Crippen LogP contribution in [-0.4, -0.2) is 25.8 Å². The van der Waals surface area contributed by atoms with Gasteiger partial charge in [-0.05, 0) is 30.2 Å². The summed E-state index contributed by atoms with van der Waals surface area (Å²) in [5.74, 6) is 1.78. The van der Waals surface area contributed by atoms with Gasteiger partial charge >= 0.3 is 0 Å². The van der Waals surface area contributed by atoms with Crippen LogP contribution in [0.1, 0.15) is 30.6 Å². The van der Waals surface area contributed by atoms with Crippen molar-refractivity contribution in [1.29, 1.82) is 0 Å². The monoisotopic (exact) mass is 325 g/mol. The van der Waals surface area contributed by atoms with Crippen LogP contribution in [0.3, 0.4) is 0 Å². The number of nitrogens with zero attached hydrogens (tertiary/aromatic N) is 4. The molecule has 1 aliphatic heterocycles. The Bertz CT molecular complexity index is 873. The van der Waals surface area contributed by atoms with E-state index in [9.17, 15) is 4.39 Å². The van der Waals surface area contributed by atoms with Gasteiger partial charge in [-0.1, -0.05) is 13.0 Å². The molecule has 0 amide bonds. The van der Waals surface area contributed by atoms with Crippen LogP contribution in [0.15, 0.2) is 30.5 Å². The highest BCUT2D eigenvalue weighted by Crippen LogP contribution is 2.20. The average Bonchev–Trinajstić information content (AvgIpc) is 3.04. The van der Waals surface area contributed by atoms with Crippen molar-refractivity contribution in [3.63, 3.8) is 0 Å². The summed E-state index contributed by atoms with van der Waals surface area (Å²) in [6.45, 7) is 3.57. The highest BCUT2D eigenvalue weighted by atomic mass is 19.1. The molecular weight excluding hydrogens is 305 g/mol. The van der Waals surface area contributed by atoms with Gasteiger partial charge in [-0.25, -0.2) is 14.1 Å². The van der Waals surface area contributed by atoms with Crippen molar-refractivity contribution in [3.8, 4) is 0 Å². The van der Waals surface area contributed by atoms with Crippen LogP contribution < -0.4 is 5.32 Å². The van der Waals surface area contributed by atoms with Crippen LogP contribution in [-0.2, 0) is 25.9 Å². The first kappa shape index (κ1) is 15.2. The molecule has 1 aliphatic rings. The Morgan fingerprint density at radius 1 is 1.33 bits per heavy atom. The molecule has 0 bridgehead atoms. The molecule has 4 rings (SSSR count). The summed E-state index contributed by atoms with van der Waals surface area (Å²) in [6, 6.07) is 7.21. The van der Waals surface area contributed by atoms with E-state index in [0.29, 0.717) is 18.0 Å². The Kier molecular flexibility index (Phi) is 3.98. The minimum Gasteiger partial charge on any atom is -0.308 e. The minimum absolute atomic E-state index is 0.223. The lowest BCUT2D eigenvalue weighted by Crippen LogP contribution is -2.37. The van der Waals surface area contributed by atoms with Gasteiger partial charge in [-0.2, -0.15) is 5.10 Å². The van der Waals surface area contributed by atoms with Gasteiger partial charge in [-0.15, -0.1) is 0 Å². The molecule has 0 aliphatic carbocycles. The number of benzene rings is 1. The number of hydrogen-bond donors (Lipinski definition) is 1. The molecular formula is C18H20FN5. The van der Waals surface area contributed by atoms with E-state index in [1.165, 1.54) is 6.07 Å². The quantitative estimate of drug-likeness (QED) is 0.801. The maximum Gasteiger partial charge on any atom is 0.150 e. The van der Waals surface area contributed by atoms with Crippen LogP contribution in [0.2, 0.25) is 0 Å². The second-order valence-corrected chi connectivity index (χ2v) is 6.20. The van der Waals surface area contributed by atoms with Gasteiger partial charge in [0.1, 0.15) is 11.6 Å². The van der Waals surface area contributed by atoms with Crippen LogP contribution in [0.4, 0.5) is 4.39 Å². The van der Waals surface area contributed by atoms with E-state index in [4.69, 9.17) is 0 Å². The number of aryl methyl sites for hydroxylation is 2. The maximum atomic E-state index is 13.9. The number of aromatic nitrogens is 4. The summed E-state index contributed by atoms with van der Waals surface area (Å²) >= 11 is 0. The summed E-state index contributed by atoms with van der Waals surface area (Å²) < 4.78 is 15.9. The molecule has 124 valence electrons. The van der Waals surface area contributed by atoms with Gasteiger partial charge in [0, 0.05) is 37.0 Å². The highest BCUT2D eigenvalue weighted by Gasteiger charge is 2.21. The molecule has 3 aromatic rings. The summed E-state index contributed by atoms with van der Waals surface area (Å²) in [4.78, 5) is 8.89. The molecule has 0 radical (unpaired) electrons. The molecule has 0 spiro atoms. The first-order valence-electron chi connectivity index (χ1n) is 8.42. The zero-order chi connectivity index (χ0) is 16.5. The average molecular weight is 325 g/mol. The molecule has 24 heavy (non-hydrogen) atoms. The zero-order valence-corrected chi connectivity index (χ0v) is 13.7. The Balaban J connectivity index is 1.49. The van der Waals surface area contributed by atoms with Crippen LogP contribution in [0.5, 0.6) is 0 Å². The molecule has 2 aromatic heterocycles. The summed E-state index contributed by atoms with van der Waals surface area (Å²) in [5, 5.41) is 8.68. The normalized spacial score (nSPS) is 17.2. The number of pyridine rings is 1. The number of rotatable bonds is 4. The van der Waals surface area contributed by atoms with Crippen LogP contribution in [0, 0.1) is 5.82 Å². The van der Waals surface area contributed by atoms with Crippen molar-refractivity contribution in [2.45, 2.75) is 45.3 Å². The molecule has 0 saturated heterocycles. The highest BCUT2D eigenvalue weighted by molar-refractivity contribution is 5.82. The smallest absolute Gasteiger partial charge is 0.150 e. The standard InChI is InChI=1S/C18H20FN5/c1-2-16-22-17-8-6-13(11-24(17)23-16)21-10-12-5-7-15(19)14-4-3-9-20-18(12)14/h3-5,7,9,13,21H,2,6,8,10-11H2,1H3/t13-/m0/s1. The lowest BCUT2D eigenvalue weighted by Gasteiger charge is -2.23. The number of fused-ring (bicyclic) bond motifs is 2. The topological polar surface area (TPSA) is 55.6 Å². The van der Waals surface area contributed by atoms with Crippen molar-refractivity contribution in [2.75, 3.05) is 0 Å². The van der Waals surface area contributed by atoms with E-state index < -0.39 is 0 Å². The maximum absolute atomic E-state index is 13.9. The molecule has 1 atom stereocenters. The Morgan fingerprint density at radius 3 is 3.12 bits per heavy atom. The van der Waals surface area contributed by atoms with Gasteiger partial charge in [0.2, 0.25) is 0 Å². The number of hydrogen-bond acceptors (Lipinski definition) is 4. The van der Waals surface area contributed by atoms with Crippen molar-refractivity contribution in [2.24, 2.45) is 0 Å². The van der Waals surface area contributed by atoms with Crippen molar-refractivity contribution < 1.29 is 4.39 Å². The van der Waals surface area contributed by atoms with Crippen molar-refractivity contribution >= 4 is 10.9 Å². The number of halogens is 1. The van der Waals surface area contributed by atoms with Crippen molar-refractivity contribution in [3.05, 3.63) is 53.5 Å². The summed E-state index contributed by atoms with van der Waals surface area (Å²) in [6.07, 6.45) is 4.55. The first-order valence-corrected chi connectivity index (χ1v) is 8.42. The third kappa shape index (κ3) is 2.78. The van der Waals surface area contributed by atoms with Gasteiger partial charge in [-0.3, -0.25) is 4.98 Å². The summed E-state index contributed by atoms with van der Waals surface area (Å²) in [7, 11) is 0. The Labute approximate surface area is 139 Å². The number of nitrogens with one attached hydrogen (secondary N) is 1. The van der Waals surface area contributed by atoms with E-state index >= 15 is 0 Å². The predicted molar refractivity (Wildman–Crippen MR) is 90.0 cm³/mol. The second kappa shape index (κ2) is 6.28. The molecule has 3 heterocycles. The molecule has 1 aromatic carbocycles. The van der Waals surface area contributed by atoms with Gasteiger partial charge in [0.05, 0.1) is 12.1 Å².